The second-order valence-corrected chi connectivity index (χ2v) is 5.30. The molecule has 1 aromatic heterocycles. The van der Waals surface area contributed by atoms with E-state index in [4.69, 9.17) is 9.63 Å². The van der Waals surface area contributed by atoms with Crippen LogP contribution in [0.3, 0.4) is 0 Å². The highest BCUT2D eigenvalue weighted by Gasteiger charge is 2.30. The predicted molar refractivity (Wildman–Crippen MR) is 68.7 cm³/mol. The van der Waals surface area contributed by atoms with Crippen LogP contribution in [0, 0.1) is 18.8 Å². The zero-order chi connectivity index (χ0) is 14.7. The van der Waals surface area contributed by atoms with Crippen molar-refractivity contribution in [2.24, 2.45) is 11.8 Å². The van der Waals surface area contributed by atoms with Crippen LogP contribution < -0.4 is 5.32 Å². The fourth-order valence-corrected chi connectivity index (χ4v) is 2.48. The molecule has 1 atom stereocenters. The van der Waals surface area contributed by atoms with Crippen molar-refractivity contribution < 1.29 is 19.2 Å². The molecule has 1 aliphatic rings. The van der Waals surface area contributed by atoms with Gasteiger partial charge in [-0.25, -0.2) is 0 Å². The van der Waals surface area contributed by atoms with Crippen LogP contribution in [0.15, 0.2) is 4.52 Å². The molecule has 1 heterocycles. The molecule has 0 radical (unpaired) electrons. The maximum Gasteiger partial charge on any atom is 0.306 e. The highest BCUT2D eigenvalue weighted by Crippen LogP contribution is 2.29. The number of aryl methyl sites for hydroxylation is 1. The predicted octanol–water partition coefficient (Wildman–Crippen LogP) is 1.45. The number of hydrogen-bond donors (Lipinski definition) is 2. The smallest absolute Gasteiger partial charge is 0.306 e. The van der Waals surface area contributed by atoms with Gasteiger partial charge in [0.2, 0.25) is 11.8 Å². The number of aliphatic carboxylic acids is 1. The van der Waals surface area contributed by atoms with E-state index < -0.39 is 5.97 Å². The quantitative estimate of drug-likeness (QED) is 0.865. The van der Waals surface area contributed by atoms with E-state index in [1.54, 1.807) is 13.8 Å². The van der Waals surface area contributed by atoms with E-state index >= 15 is 0 Å². The molecular formula is C13H19N3O4. The first-order valence-electron chi connectivity index (χ1n) is 6.80. The molecule has 0 aromatic carbocycles. The van der Waals surface area contributed by atoms with Crippen LogP contribution in [0.2, 0.25) is 0 Å². The summed E-state index contributed by atoms with van der Waals surface area (Å²) in [7, 11) is 0. The molecule has 1 aromatic rings. The first kappa shape index (κ1) is 14.5. The van der Waals surface area contributed by atoms with Gasteiger partial charge in [0.15, 0.2) is 5.82 Å². The Morgan fingerprint density at radius 1 is 1.30 bits per heavy atom. The number of carboxylic acids is 1. The van der Waals surface area contributed by atoms with Crippen molar-refractivity contribution >= 4 is 11.9 Å². The third-order valence-corrected chi connectivity index (χ3v) is 3.72. The molecule has 110 valence electrons. The van der Waals surface area contributed by atoms with Crippen molar-refractivity contribution in [2.45, 2.75) is 45.6 Å². The third kappa shape index (κ3) is 3.34. The normalized spacial score (nSPS) is 24.1. The van der Waals surface area contributed by atoms with Gasteiger partial charge in [-0.15, -0.1) is 0 Å². The monoisotopic (exact) mass is 281 g/mol. The maximum atomic E-state index is 12.1. The van der Waals surface area contributed by atoms with Crippen LogP contribution >= 0.6 is 0 Å². The summed E-state index contributed by atoms with van der Waals surface area (Å²) in [6.45, 7) is 3.50. The summed E-state index contributed by atoms with van der Waals surface area (Å²) in [6.07, 6.45) is 2.33. The zero-order valence-electron chi connectivity index (χ0n) is 11.6. The van der Waals surface area contributed by atoms with Crippen molar-refractivity contribution in [1.29, 1.82) is 0 Å². The summed E-state index contributed by atoms with van der Waals surface area (Å²) in [5.41, 5.74) is 0. The molecule has 2 rings (SSSR count). The molecule has 0 spiro atoms. The van der Waals surface area contributed by atoms with E-state index in [1.165, 1.54) is 0 Å². The fraction of sp³-hybridized carbons (Fsp3) is 0.692. The summed E-state index contributed by atoms with van der Waals surface area (Å²) in [5.74, 6) is -0.360. The Balaban J connectivity index is 1.85. The van der Waals surface area contributed by atoms with Crippen molar-refractivity contribution in [3.05, 3.63) is 11.7 Å². The number of carboxylic acid groups (broad SMARTS) is 1. The molecule has 7 heteroatoms. The Labute approximate surface area is 116 Å². The zero-order valence-corrected chi connectivity index (χ0v) is 11.6. The van der Waals surface area contributed by atoms with Crippen molar-refractivity contribution in [1.82, 2.24) is 15.5 Å². The topological polar surface area (TPSA) is 105 Å². The summed E-state index contributed by atoms with van der Waals surface area (Å²) in [4.78, 5) is 27.1. The molecule has 0 aliphatic heterocycles. The molecule has 2 N–H and O–H groups in total. The first-order valence-corrected chi connectivity index (χ1v) is 6.80. The number of nitrogens with zero attached hydrogens (tertiary/aromatic N) is 2. The Hall–Kier alpha value is -1.92. The van der Waals surface area contributed by atoms with Crippen LogP contribution in [0.1, 0.15) is 50.4 Å². The van der Waals surface area contributed by atoms with Crippen LogP contribution in [0.5, 0.6) is 0 Å². The second kappa shape index (κ2) is 6.02. The Kier molecular flexibility index (Phi) is 4.36. The highest BCUT2D eigenvalue weighted by molar-refractivity contribution is 5.79. The van der Waals surface area contributed by atoms with E-state index in [9.17, 15) is 9.59 Å². The van der Waals surface area contributed by atoms with Gasteiger partial charge in [-0.05, 0) is 39.5 Å². The van der Waals surface area contributed by atoms with E-state index in [1.807, 2.05) is 0 Å². The number of hydrogen-bond acceptors (Lipinski definition) is 5. The van der Waals surface area contributed by atoms with Crippen LogP contribution in [-0.4, -0.2) is 27.1 Å². The van der Waals surface area contributed by atoms with Crippen molar-refractivity contribution in [3.63, 3.8) is 0 Å². The van der Waals surface area contributed by atoms with Crippen molar-refractivity contribution in [2.75, 3.05) is 0 Å². The summed E-state index contributed by atoms with van der Waals surface area (Å²) >= 11 is 0. The lowest BCUT2D eigenvalue weighted by molar-refractivity contribution is -0.144. The van der Waals surface area contributed by atoms with E-state index in [2.05, 4.69) is 15.5 Å². The molecule has 1 saturated carbocycles. The van der Waals surface area contributed by atoms with Gasteiger partial charge in [0, 0.05) is 5.92 Å². The van der Waals surface area contributed by atoms with E-state index in [0.29, 0.717) is 37.4 Å². The number of rotatable bonds is 4. The first-order chi connectivity index (χ1) is 9.47. The van der Waals surface area contributed by atoms with Crippen molar-refractivity contribution in [3.8, 4) is 0 Å². The van der Waals surface area contributed by atoms with Crippen LogP contribution in [-0.2, 0) is 9.59 Å². The second-order valence-electron chi connectivity index (χ2n) is 5.30. The summed E-state index contributed by atoms with van der Waals surface area (Å²) in [5, 5.41) is 15.5. The lowest BCUT2D eigenvalue weighted by atomic mass is 9.81. The van der Waals surface area contributed by atoms with Gasteiger partial charge in [-0.2, -0.15) is 4.98 Å². The number of amides is 1. The minimum absolute atomic E-state index is 0.0720. The number of carbonyl (C=O) groups excluding carboxylic acids is 1. The SMILES string of the molecule is Cc1noc(C(C)NC(=O)C2CCC(C(=O)O)CC2)n1. The largest absolute Gasteiger partial charge is 0.481 e. The standard InChI is InChI=1S/C13H19N3O4/c1-7(12-15-8(2)16-20-12)14-11(17)9-3-5-10(6-4-9)13(18)19/h7,9-10H,3-6H2,1-2H3,(H,14,17)(H,18,19). The van der Waals surface area contributed by atoms with Gasteiger partial charge in [-0.3, -0.25) is 9.59 Å². The third-order valence-electron chi connectivity index (χ3n) is 3.72. The Morgan fingerprint density at radius 3 is 2.40 bits per heavy atom. The molecule has 1 aliphatic carbocycles. The lowest BCUT2D eigenvalue weighted by Gasteiger charge is -2.25. The van der Waals surface area contributed by atoms with E-state index in [-0.39, 0.29) is 23.8 Å². The molecule has 7 nitrogen and oxygen atoms in total. The van der Waals surface area contributed by atoms with Crippen LogP contribution in [0.4, 0.5) is 0 Å². The lowest BCUT2D eigenvalue weighted by Crippen LogP contribution is -2.35. The van der Waals surface area contributed by atoms with Gasteiger partial charge in [-0.1, -0.05) is 5.16 Å². The summed E-state index contributed by atoms with van der Waals surface area (Å²) < 4.78 is 5.01. The van der Waals surface area contributed by atoms with Gasteiger partial charge in [0.1, 0.15) is 6.04 Å². The Morgan fingerprint density at radius 2 is 1.90 bits per heavy atom. The minimum atomic E-state index is -0.765. The molecule has 0 saturated heterocycles. The Bertz CT molecular complexity index is 492. The number of nitrogens with one attached hydrogen (secondary N) is 1. The maximum absolute atomic E-state index is 12.1. The molecule has 0 bridgehead atoms. The average molecular weight is 281 g/mol. The molecule has 1 unspecified atom stereocenters. The minimum Gasteiger partial charge on any atom is -0.481 e. The number of aromatic nitrogens is 2. The fourth-order valence-electron chi connectivity index (χ4n) is 2.48. The highest BCUT2D eigenvalue weighted by atomic mass is 16.5. The number of carbonyl (C=O) groups is 2. The van der Waals surface area contributed by atoms with Gasteiger partial charge in [0.05, 0.1) is 5.92 Å². The van der Waals surface area contributed by atoms with Gasteiger partial charge >= 0.3 is 5.97 Å². The summed E-state index contributed by atoms with van der Waals surface area (Å²) in [6, 6.07) is -0.333. The van der Waals surface area contributed by atoms with Crippen LogP contribution in [0.25, 0.3) is 0 Å². The molecule has 1 fully saturated rings. The molecular weight excluding hydrogens is 262 g/mol. The molecule has 1 amide bonds. The van der Waals surface area contributed by atoms with Gasteiger partial charge < -0.3 is 14.9 Å². The van der Waals surface area contributed by atoms with E-state index in [0.717, 1.165) is 0 Å². The van der Waals surface area contributed by atoms with Gasteiger partial charge in [0.25, 0.3) is 0 Å². The average Bonchev–Trinajstić information content (AvgIpc) is 2.85. The molecule has 20 heavy (non-hydrogen) atoms.